The molecule has 4 aromatic rings. The van der Waals surface area contributed by atoms with E-state index in [9.17, 15) is 0 Å². The molecule has 0 aliphatic rings. The van der Waals surface area contributed by atoms with Gasteiger partial charge in [-0.15, -0.1) is 0 Å². The number of pyridine rings is 2. The van der Waals surface area contributed by atoms with E-state index >= 15 is 0 Å². The fourth-order valence-electron chi connectivity index (χ4n) is 3.09. The van der Waals surface area contributed by atoms with E-state index in [0.717, 1.165) is 49.7 Å². The summed E-state index contributed by atoms with van der Waals surface area (Å²) in [6, 6.07) is 12.5. The number of fused-ring (bicyclic) bond motifs is 3. The van der Waals surface area contributed by atoms with Gasteiger partial charge >= 0.3 is 0 Å². The van der Waals surface area contributed by atoms with Crippen LogP contribution in [-0.2, 0) is 0 Å². The molecule has 3 nitrogen and oxygen atoms in total. The maximum atomic E-state index is 6.47. The van der Waals surface area contributed by atoms with Crippen LogP contribution >= 0.6 is 0 Å². The van der Waals surface area contributed by atoms with Crippen molar-refractivity contribution in [2.75, 3.05) is 5.73 Å². The number of nitrogens with two attached hydrogens (primary N) is 1. The quantitative estimate of drug-likeness (QED) is 0.486. The molecule has 4 rings (SSSR count). The van der Waals surface area contributed by atoms with Crippen molar-refractivity contribution in [3.05, 3.63) is 53.1 Å². The van der Waals surface area contributed by atoms with E-state index in [-0.39, 0.29) is 0 Å². The van der Waals surface area contributed by atoms with Crippen LogP contribution in [-0.4, -0.2) is 9.97 Å². The van der Waals surface area contributed by atoms with Crippen molar-refractivity contribution >= 4 is 38.5 Å². The van der Waals surface area contributed by atoms with Gasteiger partial charge in [0.05, 0.1) is 16.7 Å². The zero-order chi connectivity index (χ0) is 15.4. The average Bonchev–Trinajstić information content (AvgIpc) is 2.49. The van der Waals surface area contributed by atoms with Gasteiger partial charge in [0.1, 0.15) is 0 Å². The van der Waals surface area contributed by atoms with Crippen molar-refractivity contribution in [1.82, 2.24) is 9.97 Å². The molecule has 2 aromatic heterocycles. The number of hydrogen-bond acceptors (Lipinski definition) is 3. The minimum atomic E-state index is 0.718. The molecule has 0 radical (unpaired) electrons. The van der Waals surface area contributed by atoms with Gasteiger partial charge in [-0.3, -0.25) is 0 Å². The van der Waals surface area contributed by atoms with Gasteiger partial charge in [0.25, 0.3) is 0 Å². The van der Waals surface area contributed by atoms with E-state index in [2.05, 4.69) is 51.1 Å². The predicted octanol–water partition coefficient (Wildman–Crippen LogP) is 4.44. The standard InChI is InChI=1S/C19H17N3/c1-10-4-7-15-13(8-10)9-14-17(20)16-11(2)5-6-12(3)18(16)22-19(14)21-15/h4-9H,1-3H3,(H2,20,21,22). The van der Waals surface area contributed by atoms with Crippen LogP contribution in [0.1, 0.15) is 16.7 Å². The highest BCUT2D eigenvalue weighted by Crippen LogP contribution is 2.33. The Kier molecular flexibility index (Phi) is 2.61. The summed E-state index contributed by atoms with van der Waals surface area (Å²) in [5, 5.41) is 3.08. The van der Waals surface area contributed by atoms with Gasteiger partial charge in [-0.1, -0.05) is 23.8 Å². The van der Waals surface area contributed by atoms with Crippen LogP contribution in [0.3, 0.4) is 0 Å². The summed E-state index contributed by atoms with van der Waals surface area (Å²) in [4.78, 5) is 9.49. The lowest BCUT2D eigenvalue weighted by atomic mass is 10.0. The lowest BCUT2D eigenvalue weighted by Crippen LogP contribution is -1.98. The summed E-state index contributed by atoms with van der Waals surface area (Å²) in [6.45, 7) is 6.22. The normalized spacial score (nSPS) is 11.6. The summed E-state index contributed by atoms with van der Waals surface area (Å²) in [5.74, 6) is 0. The second-order valence-corrected chi connectivity index (χ2v) is 6.00. The molecule has 0 amide bonds. The number of rotatable bonds is 0. The zero-order valence-corrected chi connectivity index (χ0v) is 12.9. The number of benzene rings is 2. The first-order valence-corrected chi connectivity index (χ1v) is 7.41. The minimum Gasteiger partial charge on any atom is -0.398 e. The van der Waals surface area contributed by atoms with E-state index in [1.807, 2.05) is 6.07 Å². The molecule has 2 aromatic carbocycles. The second kappa shape index (κ2) is 4.41. The van der Waals surface area contributed by atoms with Crippen molar-refractivity contribution in [2.45, 2.75) is 20.8 Å². The summed E-state index contributed by atoms with van der Waals surface area (Å²) in [6.07, 6.45) is 0. The van der Waals surface area contributed by atoms with E-state index in [1.54, 1.807) is 0 Å². The van der Waals surface area contributed by atoms with Crippen LogP contribution in [0.4, 0.5) is 5.69 Å². The Morgan fingerprint density at radius 1 is 0.864 bits per heavy atom. The van der Waals surface area contributed by atoms with Crippen molar-refractivity contribution < 1.29 is 0 Å². The first kappa shape index (κ1) is 13.0. The Hall–Kier alpha value is -2.68. The molecule has 3 heteroatoms. The van der Waals surface area contributed by atoms with Crippen LogP contribution in [0, 0.1) is 20.8 Å². The first-order chi connectivity index (χ1) is 10.5. The van der Waals surface area contributed by atoms with E-state index in [0.29, 0.717) is 0 Å². The Morgan fingerprint density at radius 2 is 1.64 bits per heavy atom. The van der Waals surface area contributed by atoms with E-state index in [1.165, 1.54) is 5.56 Å². The SMILES string of the molecule is Cc1ccc2nc3nc4c(C)ccc(C)c4c(N)c3cc2c1. The number of hydrogen-bond donors (Lipinski definition) is 1. The number of aromatic nitrogens is 2. The molecule has 0 unspecified atom stereocenters. The third-order valence-electron chi connectivity index (χ3n) is 4.32. The zero-order valence-electron chi connectivity index (χ0n) is 12.9. The Labute approximate surface area is 128 Å². The topological polar surface area (TPSA) is 51.8 Å². The smallest absolute Gasteiger partial charge is 0.162 e. The number of anilines is 1. The van der Waals surface area contributed by atoms with Gasteiger partial charge < -0.3 is 5.73 Å². The molecule has 108 valence electrons. The third kappa shape index (κ3) is 1.75. The molecule has 0 fully saturated rings. The molecule has 0 atom stereocenters. The van der Waals surface area contributed by atoms with Gasteiger partial charge in [-0.05, 0) is 50.1 Å². The third-order valence-corrected chi connectivity index (χ3v) is 4.32. The average molecular weight is 287 g/mol. The molecular weight excluding hydrogens is 270 g/mol. The van der Waals surface area contributed by atoms with Gasteiger partial charge in [0.2, 0.25) is 0 Å². The summed E-state index contributed by atoms with van der Waals surface area (Å²) >= 11 is 0. The van der Waals surface area contributed by atoms with Crippen molar-refractivity contribution in [3.8, 4) is 0 Å². The highest BCUT2D eigenvalue weighted by Gasteiger charge is 2.12. The Balaban J connectivity index is 2.24. The van der Waals surface area contributed by atoms with E-state index < -0.39 is 0 Å². The van der Waals surface area contributed by atoms with Gasteiger partial charge in [0, 0.05) is 16.2 Å². The largest absolute Gasteiger partial charge is 0.398 e. The number of aryl methyl sites for hydroxylation is 3. The fourth-order valence-corrected chi connectivity index (χ4v) is 3.09. The molecule has 2 N–H and O–H groups in total. The monoisotopic (exact) mass is 287 g/mol. The molecule has 0 aliphatic heterocycles. The maximum absolute atomic E-state index is 6.47. The molecule has 0 aliphatic carbocycles. The van der Waals surface area contributed by atoms with Crippen LogP contribution in [0.5, 0.6) is 0 Å². The summed E-state index contributed by atoms with van der Waals surface area (Å²) < 4.78 is 0. The van der Waals surface area contributed by atoms with Crippen molar-refractivity contribution in [3.63, 3.8) is 0 Å². The predicted molar refractivity (Wildman–Crippen MR) is 93.2 cm³/mol. The molecule has 22 heavy (non-hydrogen) atoms. The molecule has 2 heterocycles. The lowest BCUT2D eigenvalue weighted by Gasteiger charge is -2.11. The van der Waals surface area contributed by atoms with Crippen molar-refractivity contribution in [2.24, 2.45) is 0 Å². The molecule has 0 saturated carbocycles. The number of nitrogens with zero attached hydrogens (tertiary/aromatic N) is 2. The van der Waals surface area contributed by atoms with Crippen LogP contribution in [0.25, 0.3) is 32.8 Å². The van der Waals surface area contributed by atoms with Crippen LogP contribution in [0.2, 0.25) is 0 Å². The molecule has 0 saturated heterocycles. The van der Waals surface area contributed by atoms with Crippen molar-refractivity contribution in [1.29, 1.82) is 0 Å². The number of nitrogen functional groups attached to an aromatic ring is 1. The van der Waals surface area contributed by atoms with Gasteiger partial charge in [-0.25, -0.2) is 9.97 Å². The molecular formula is C19H17N3. The van der Waals surface area contributed by atoms with Crippen LogP contribution < -0.4 is 5.73 Å². The fraction of sp³-hybridized carbons (Fsp3) is 0.158. The van der Waals surface area contributed by atoms with E-state index in [4.69, 9.17) is 15.7 Å². The lowest BCUT2D eigenvalue weighted by molar-refractivity contribution is 1.34. The Morgan fingerprint density at radius 3 is 2.45 bits per heavy atom. The Bertz CT molecular complexity index is 1060. The highest BCUT2D eigenvalue weighted by atomic mass is 14.9. The van der Waals surface area contributed by atoms with Crippen LogP contribution in [0.15, 0.2) is 36.4 Å². The minimum absolute atomic E-state index is 0.718. The maximum Gasteiger partial charge on any atom is 0.162 e. The summed E-state index contributed by atoms with van der Waals surface area (Å²) in [7, 11) is 0. The van der Waals surface area contributed by atoms with Gasteiger partial charge in [-0.2, -0.15) is 0 Å². The molecule has 0 spiro atoms. The molecule has 0 bridgehead atoms. The second-order valence-electron chi connectivity index (χ2n) is 6.00. The highest BCUT2D eigenvalue weighted by molar-refractivity contribution is 6.10. The van der Waals surface area contributed by atoms with Gasteiger partial charge in [0.15, 0.2) is 5.65 Å². The first-order valence-electron chi connectivity index (χ1n) is 7.41. The summed E-state index contributed by atoms with van der Waals surface area (Å²) in [5.41, 5.74) is 13.4.